The van der Waals surface area contributed by atoms with E-state index in [1.165, 1.54) is 16.4 Å². The smallest absolute Gasteiger partial charge is 0.282 e. The standard InChI is InChI=1S/C18H21F2N3O/c1-9-5-12-14(10(2)7-18(12,3)4)13(6-9)23-8-11(17(21)24)15(22-23)16(19)20/h5-6,8,10,16H,7H2,1-4H3,(H2,21,24)/t10-/m0/s1. The summed E-state index contributed by atoms with van der Waals surface area (Å²) >= 11 is 0. The number of carbonyl (C=O) groups excluding carboxylic acids is 1. The molecule has 6 heteroatoms. The second-order valence-corrected chi connectivity index (χ2v) is 7.27. The Balaban J connectivity index is 2.26. The molecule has 1 aromatic heterocycles. The molecular formula is C18H21F2N3O. The Bertz CT molecular complexity index is 824. The molecule has 24 heavy (non-hydrogen) atoms. The van der Waals surface area contributed by atoms with Gasteiger partial charge in [-0.25, -0.2) is 13.5 Å². The van der Waals surface area contributed by atoms with E-state index in [1.54, 1.807) is 0 Å². The molecule has 0 spiro atoms. The molecular weight excluding hydrogens is 312 g/mol. The number of fused-ring (bicyclic) bond motifs is 1. The Morgan fingerprint density at radius 3 is 2.62 bits per heavy atom. The number of halogens is 2. The average Bonchev–Trinajstić information content (AvgIpc) is 2.99. The highest BCUT2D eigenvalue weighted by Gasteiger charge is 2.37. The summed E-state index contributed by atoms with van der Waals surface area (Å²) in [5.74, 6) is -0.615. The first-order valence-electron chi connectivity index (χ1n) is 7.94. The van der Waals surface area contributed by atoms with E-state index < -0.39 is 18.0 Å². The van der Waals surface area contributed by atoms with E-state index >= 15 is 0 Å². The van der Waals surface area contributed by atoms with E-state index in [2.05, 4.69) is 31.9 Å². The van der Waals surface area contributed by atoms with Crippen LogP contribution in [-0.2, 0) is 5.41 Å². The number of primary amides is 1. The Morgan fingerprint density at radius 1 is 1.42 bits per heavy atom. The molecule has 1 aromatic carbocycles. The molecule has 128 valence electrons. The highest BCUT2D eigenvalue weighted by atomic mass is 19.3. The van der Waals surface area contributed by atoms with Crippen molar-refractivity contribution in [3.8, 4) is 5.69 Å². The second-order valence-electron chi connectivity index (χ2n) is 7.27. The van der Waals surface area contributed by atoms with E-state index in [1.807, 2.05) is 13.0 Å². The number of benzene rings is 1. The normalized spacial score (nSPS) is 18.9. The fraction of sp³-hybridized carbons (Fsp3) is 0.444. The minimum absolute atomic E-state index is 0.0146. The predicted molar refractivity (Wildman–Crippen MR) is 87.8 cm³/mol. The number of hydrogen-bond acceptors (Lipinski definition) is 2. The molecule has 0 fully saturated rings. The van der Waals surface area contributed by atoms with Crippen LogP contribution < -0.4 is 5.73 Å². The van der Waals surface area contributed by atoms with E-state index in [0.717, 1.165) is 23.2 Å². The second kappa shape index (κ2) is 5.40. The van der Waals surface area contributed by atoms with Gasteiger partial charge in [0, 0.05) is 6.20 Å². The molecule has 1 aliphatic rings. The zero-order valence-corrected chi connectivity index (χ0v) is 14.2. The molecule has 0 radical (unpaired) electrons. The van der Waals surface area contributed by atoms with Crippen LogP contribution in [0.2, 0.25) is 0 Å². The number of aryl methyl sites for hydroxylation is 1. The SMILES string of the molecule is Cc1cc(-n2cc(C(N)=O)c(C(F)F)n2)c2c(c1)C(C)(C)C[C@@H]2C. The molecule has 1 heterocycles. The number of hydrogen-bond donors (Lipinski definition) is 1. The number of rotatable bonds is 3. The van der Waals surface area contributed by atoms with Crippen LogP contribution in [0, 0.1) is 6.92 Å². The van der Waals surface area contributed by atoms with Crippen LogP contribution in [0.1, 0.15) is 72.3 Å². The molecule has 3 rings (SSSR count). The van der Waals surface area contributed by atoms with E-state index in [-0.39, 0.29) is 16.9 Å². The lowest BCUT2D eigenvalue weighted by molar-refractivity contribution is 0.0985. The highest BCUT2D eigenvalue weighted by Crippen LogP contribution is 2.48. The van der Waals surface area contributed by atoms with Gasteiger partial charge >= 0.3 is 0 Å². The van der Waals surface area contributed by atoms with Crippen LogP contribution in [0.4, 0.5) is 8.78 Å². The molecule has 0 aliphatic heterocycles. The van der Waals surface area contributed by atoms with Gasteiger partial charge in [-0.1, -0.05) is 26.8 Å². The van der Waals surface area contributed by atoms with Crippen molar-refractivity contribution in [1.29, 1.82) is 0 Å². The molecule has 0 bridgehead atoms. The number of alkyl halides is 2. The summed E-state index contributed by atoms with van der Waals surface area (Å²) in [5, 5.41) is 3.97. The fourth-order valence-electron chi connectivity index (χ4n) is 3.89. The summed E-state index contributed by atoms with van der Waals surface area (Å²) in [6, 6.07) is 4.07. The van der Waals surface area contributed by atoms with Crippen LogP contribution in [-0.4, -0.2) is 15.7 Å². The van der Waals surface area contributed by atoms with Gasteiger partial charge in [-0.2, -0.15) is 5.10 Å². The van der Waals surface area contributed by atoms with Gasteiger partial charge in [0.1, 0.15) is 5.69 Å². The quantitative estimate of drug-likeness (QED) is 0.923. The molecule has 2 aromatic rings. The number of carbonyl (C=O) groups is 1. The monoisotopic (exact) mass is 333 g/mol. The maximum Gasteiger partial charge on any atom is 0.282 e. The molecule has 2 N–H and O–H groups in total. The topological polar surface area (TPSA) is 60.9 Å². The van der Waals surface area contributed by atoms with Gasteiger partial charge in [0.05, 0.1) is 11.3 Å². The van der Waals surface area contributed by atoms with Gasteiger partial charge in [0.15, 0.2) is 0 Å². The van der Waals surface area contributed by atoms with E-state index in [0.29, 0.717) is 0 Å². The fourth-order valence-corrected chi connectivity index (χ4v) is 3.89. The summed E-state index contributed by atoms with van der Waals surface area (Å²) in [7, 11) is 0. The number of amides is 1. The van der Waals surface area contributed by atoms with Crippen molar-refractivity contribution < 1.29 is 13.6 Å². The molecule has 0 saturated heterocycles. The van der Waals surface area contributed by atoms with E-state index in [4.69, 9.17) is 5.73 Å². The molecule has 1 aliphatic carbocycles. The van der Waals surface area contributed by atoms with Crippen LogP contribution in [0.15, 0.2) is 18.3 Å². The van der Waals surface area contributed by atoms with Crippen molar-refractivity contribution >= 4 is 5.91 Å². The predicted octanol–water partition coefficient (Wildman–Crippen LogP) is 4.00. The van der Waals surface area contributed by atoms with Gasteiger partial charge < -0.3 is 5.73 Å². The lowest BCUT2D eigenvalue weighted by atomic mass is 9.85. The first kappa shape index (κ1) is 16.6. The summed E-state index contributed by atoms with van der Waals surface area (Å²) < 4.78 is 27.8. The first-order chi connectivity index (χ1) is 11.1. The van der Waals surface area contributed by atoms with Gasteiger partial charge in [0.25, 0.3) is 12.3 Å². The van der Waals surface area contributed by atoms with Crippen LogP contribution >= 0.6 is 0 Å². The lowest BCUT2D eigenvalue weighted by Crippen LogP contribution is -2.13. The van der Waals surface area contributed by atoms with Crippen molar-refractivity contribution in [2.75, 3.05) is 0 Å². The zero-order chi connectivity index (χ0) is 17.8. The van der Waals surface area contributed by atoms with Crippen molar-refractivity contribution in [1.82, 2.24) is 9.78 Å². The third kappa shape index (κ3) is 2.50. The molecule has 1 atom stereocenters. The Kier molecular flexibility index (Phi) is 3.73. The van der Waals surface area contributed by atoms with Gasteiger partial charge in [-0.15, -0.1) is 0 Å². The highest BCUT2D eigenvalue weighted by molar-refractivity contribution is 5.93. The van der Waals surface area contributed by atoms with Crippen molar-refractivity contribution in [2.24, 2.45) is 5.73 Å². The third-order valence-electron chi connectivity index (χ3n) is 4.80. The molecule has 1 amide bonds. The van der Waals surface area contributed by atoms with Crippen LogP contribution in [0.3, 0.4) is 0 Å². The Hall–Kier alpha value is -2.24. The summed E-state index contributed by atoms with van der Waals surface area (Å²) in [6.45, 7) is 8.45. The first-order valence-corrected chi connectivity index (χ1v) is 7.94. The molecule has 0 saturated carbocycles. The van der Waals surface area contributed by atoms with Crippen LogP contribution in [0.5, 0.6) is 0 Å². The van der Waals surface area contributed by atoms with E-state index in [9.17, 15) is 13.6 Å². The third-order valence-corrected chi connectivity index (χ3v) is 4.80. The average molecular weight is 333 g/mol. The zero-order valence-electron chi connectivity index (χ0n) is 14.2. The summed E-state index contributed by atoms with van der Waals surface area (Å²) in [5.41, 5.74) is 8.53. The van der Waals surface area contributed by atoms with Gasteiger partial charge in [0.2, 0.25) is 0 Å². The maximum atomic E-state index is 13.2. The number of nitrogens with two attached hydrogens (primary N) is 1. The Labute approximate surface area is 139 Å². The van der Waals surface area contributed by atoms with Crippen LogP contribution in [0.25, 0.3) is 5.69 Å². The van der Waals surface area contributed by atoms with Gasteiger partial charge in [-0.05, 0) is 47.4 Å². The number of aromatic nitrogens is 2. The lowest BCUT2D eigenvalue weighted by Gasteiger charge is -2.20. The number of nitrogens with zero attached hydrogens (tertiary/aromatic N) is 2. The van der Waals surface area contributed by atoms with Crippen molar-refractivity contribution in [3.05, 3.63) is 46.3 Å². The van der Waals surface area contributed by atoms with Gasteiger partial charge in [-0.3, -0.25) is 4.79 Å². The van der Waals surface area contributed by atoms with Crippen molar-refractivity contribution in [2.45, 2.75) is 51.9 Å². The van der Waals surface area contributed by atoms with Crippen molar-refractivity contribution in [3.63, 3.8) is 0 Å². The summed E-state index contributed by atoms with van der Waals surface area (Å²) in [6.07, 6.45) is -0.554. The molecule has 0 unspecified atom stereocenters. The summed E-state index contributed by atoms with van der Waals surface area (Å²) in [4.78, 5) is 11.5. The maximum absolute atomic E-state index is 13.2. The molecule has 4 nitrogen and oxygen atoms in total. The Morgan fingerprint density at radius 2 is 2.08 bits per heavy atom. The minimum Gasteiger partial charge on any atom is -0.365 e. The largest absolute Gasteiger partial charge is 0.365 e. The minimum atomic E-state index is -2.85.